The zero-order chi connectivity index (χ0) is 11.1. The van der Waals surface area contributed by atoms with Crippen LogP contribution < -0.4 is 0 Å². The zero-order valence-corrected chi connectivity index (χ0v) is 8.44. The topological polar surface area (TPSA) is 72.8 Å². The van der Waals surface area contributed by atoms with Gasteiger partial charge in [-0.1, -0.05) is 0 Å². The van der Waals surface area contributed by atoms with E-state index in [1.54, 1.807) is 6.92 Å². The zero-order valence-electron chi connectivity index (χ0n) is 8.44. The fraction of sp³-hybridized carbons (Fsp3) is 0.556. The first kappa shape index (κ1) is 12.6. The number of hydrogen-bond acceptors (Lipinski definition) is 5. The lowest BCUT2D eigenvalue weighted by Gasteiger charge is -2.14. The molecule has 0 fully saturated rings. The van der Waals surface area contributed by atoms with E-state index >= 15 is 0 Å². The molecule has 0 aliphatic heterocycles. The van der Waals surface area contributed by atoms with Gasteiger partial charge in [-0.3, -0.25) is 9.59 Å². The molecule has 0 aromatic rings. The van der Waals surface area contributed by atoms with Gasteiger partial charge in [0.2, 0.25) is 0 Å². The highest BCUT2D eigenvalue weighted by Crippen LogP contribution is 2.06. The smallest absolute Gasteiger partial charge is 0.307 e. The highest BCUT2D eigenvalue weighted by molar-refractivity contribution is 5.67. The lowest BCUT2D eigenvalue weighted by molar-refractivity contribution is -0.146. The molecule has 0 aromatic heterocycles. The summed E-state index contributed by atoms with van der Waals surface area (Å²) in [6.45, 7) is 3.74. The molecule has 1 N–H and O–H groups in total. The number of aliphatic hydroxyl groups is 1. The maximum absolute atomic E-state index is 10.6. The van der Waals surface area contributed by atoms with Gasteiger partial charge in [0.1, 0.15) is 6.10 Å². The maximum atomic E-state index is 10.6. The summed E-state index contributed by atoms with van der Waals surface area (Å²) >= 11 is 0. The normalized spacial score (nSPS) is 13.3. The van der Waals surface area contributed by atoms with Crippen molar-refractivity contribution in [3.8, 4) is 0 Å². The summed E-state index contributed by atoms with van der Waals surface area (Å²) in [4.78, 5) is 21.0. The second-order valence-electron chi connectivity index (χ2n) is 2.75. The summed E-state index contributed by atoms with van der Waals surface area (Å²) in [7, 11) is 0. The van der Waals surface area contributed by atoms with Crippen molar-refractivity contribution in [3.05, 3.63) is 11.8 Å². The summed E-state index contributed by atoms with van der Waals surface area (Å²) < 4.78 is 9.31. The van der Waals surface area contributed by atoms with Gasteiger partial charge in [-0.25, -0.2) is 0 Å². The Morgan fingerprint density at radius 3 is 2.21 bits per heavy atom. The first-order valence-corrected chi connectivity index (χ1v) is 4.09. The number of hydrogen-bond donors (Lipinski definition) is 1. The molecular formula is C9H14O5. The summed E-state index contributed by atoms with van der Waals surface area (Å²) in [5.74, 6) is -0.969. The average Bonchev–Trinajstić information content (AvgIpc) is 2.09. The molecule has 5 heteroatoms. The summed E-state index contributed by atoms with van der Waals surface area (Å²) in [5, 5.41) is 8.85. The van der Waals surface area contributed by atoms with E-state index in [4.69, 9.17) is 9.84 Å². The van der Waals surface area contributed by atoms with E-state index in [0.717, 1.165) is 6.26 Å². The van der Waals surface area contributed by atoms with Crippen LogP contribution in [-0.2, 0) is 19.1 Å². The quantitative estimate of drug-likeness (QED) is 0.527. The van der Waals surface area contributed by atoms with Crippen LogP contribution in [-0.4, -0.2) is 29.8 Å². The number of rotatable bonds is 4. The number of ether oxygens (including phenoxy) is 2. The third-order valence-electron chi connectivity index (χ3n) is 1.39. The van der Waals surface area contributed by atoms with Gasteiger partial charge < -0.3 is 14.6 Å². The standard InChI is InChI=1S/C9H14O5/c1-6(5-13-7(2)11)9(4-10)14-8(3)12/h5,9-10H,4H2,1-3H3. The third kappa shape index (κ3) is 5.31. The first-order chi connectivity index (χ1) is 6.47. The van der Waals surface area contributed by atoms with Gasteiger partial charge in [-0.05, 0) is 6.92 Å². The highest BCUT2D eigenvalue weighted by atomic mass is 16.6. The maximum Gasteiger partial charge on any atom is 0.307 e. The van der Waals surface area contributed by atoms with E-state index in [0.29, 0.717) is 5.57 Å². The molecule has 5 nitrogen and oxygen atoms in total. The van der Waals surface area contributed by atoms with Crippen molar-refractivity contribution in [2.45, 2.75) is 26.9 Å². The largest absolute Gasteiger partial charge is 0.455 e. The molecule has 1 unspecified atom stereocenters. The second kappa shape index (κ2) is 6.15. The summed E-state index contributed by atoms with van der Waals surface area (Å²) in [6.07, 6.45) is 0.401. The Balaban J connectivity index is 4.28. The SMILES string of the molecule is CC(=O)OC=C(C)C(CO)OC(C)=O. The molecule has 0 spiro atoms. The number of carbonyl (C=O) groups is 2. The number of esters is 2. The highest BCUT2D eigenvalue weighted by Gasteiger charge is 2.13. The second-order valence-corrected chi connectivity index (χ2v) is 2.75. The minimum Gasteiger partial charge on any atom is -0.455 e. The van der Waals surface area contributed by atoms with E-state index in [2.05, 4.69) is 4.74 Å². The summed E-state index contributed by atoms with van der Waals surface area (Å²) in [5.41, 5.74) is 0.470. The predicted molar refractivity (Wildman–Crippen MR) is 48.2 cm³/mol. The summed E-state index contributed by atoms with van der Waals surface area (Å²) in [6, 6.07) is 0. The van der Waals surface area contributed by atoms with Gasteiger partial charge in [0.15, 0.2) is 0 Å². The van der Waals surface area contributed by atoms with E-state index < -0.39 is 18.0 Å². The van der Waals surface area contributed by atoms with Crippen molar-refractivity contribution in [3.63, 3.8) is 0 Å². The van der Waals surface area contributed by atoms with E-state index in [1.807, 2.05) is 0 Å². The number of aliphatic hydroxyl groups excluding tert-OH is 1. The fourth-order valence-corrected chi connectivity index (χ4v) is 0.726. The van der Waals surface area contributed by atoms with Crippen LogP contribution in [0.5, 0.6) is 0 Å². The van der Waals surface area contributed by atoms with Gasteiger partial charge in [0, 0.05) is 19.4 Å². The van der Waals surface area contributed by atoms with Crippen molar-refractivity contribution in [1.29, 1.82) is 0 Å². The Bertz CT molecular complexity index is 244. The van der Waals surface area contributed by atoms with Crippen molar-refractivity contribution in [2.75, 3.05) is 6.61 Å². The molecule has 1 atom stereocenters. The van der Waals surface area contributed by atoms with E-state index in [1.165, 1.54) is 13.8 Å². The average molecular weight is 202 g/mol. The van der Waals surface area contributed by atoms with Gasteiger partial charge in [-0.15, -0.1) is 0 Å². The third-order valence-corrected chi connectivity index (χ3v) is 1.39. The molecule has 80 valence electrons. The Hall–Kier alpha value is -1.36. The van der Waals surface area contributed by atoms with Crippen LogP contribution in [0.15, 0.2) is 11.8 Å². The molecule has 0 saturated carbocycles. The lowest BCUT2D eigenvalue weighted by Crippen LogP contribution is -2.22. The molecular weight excluding hydrogens is 188 g/mol. The molecule has 14 heavy (non-hydrogen) atoms. The Morgan fingerprint density at radius 2 is 1.86 bits per heavy atom. The molecule has 0 bridgehead atoms. The monoisotopic (exact) mass is 202 g/mol. The Labute approximate surface area is 82.3 Å². The van der Waals surface area contributed by atoms with Crippen LogP contribution in [0.25, 0.3) is 0 Å². The van der Waals surface area contributed by atoms with Crippen molar-refractivity contribution < 1.29 is 24.2 Å². The number of carbonyl (C=O) groups excluding carboxylic acids is 2. The minimum atomic E-state index is -0.758. The molecule has 0 saturated heterocycles. The molecule has 0 aromatic carbocycles. The Kier molecular flexibility index (Phi) is 5.55. The van der Waals surface area contributed by atoms with E-state index in [-0.39, 0.29) is 6.61 Å². The van der Waals surface area contributed by atoms with E-state index in [9.17, 15) is 9.59 Å². The van der Waals surface area contributed by atoms with Gasteiger partial charge in [0.05, 0.1) is 12.9 Å². The minimum absolute atomic E-state index is 0.344. The van der Waals surface area contributed by atoms with Crippen molar-refractivity contribution >= 4 is 11.9 Å². The molecule has 0 aliphatic carbocycles. The predicted octanol–water partition coefficient (Wildman–Crippen LogP) is 0.377. The molecule has 0 radical (unpaired) electrons. The molecule has 0 rings (SSSR count). The van der Waals surface area contributed by atoms with Gasteiger partial charge in [-0.2, -0.15) is 0 Å². The van der Waals surface area contributed by atoms with Crippen LogP contribution in [0, 0.1) is 0 Å². The van der Waals surface area contributed by atoms with Crippen LogP contribution in [0.1, 0.15) is 20.8 Å². The van der Waals surface area contributed by atoms with Crippen molar-refractivity contribution in [1.82, 2.24) is 0 Å². The van der Waals surface area contributed by atoms with Crippen LogP contribution in [0.2, 0.25) is 0 Å². The molecule has 0 aliphatic rings. The fourth-order valence-electron chi connectivity index (χ4n) is 0.726. The van der Waals surface area contributed by atoms with Crippen LogP contribution in [0.4, 0.5) is 0 Å². The van der Waals surface area contributed by atoms with Gasteiger partial charge in [0.25, 0.3) is 0 Å². The van der Waals surface area contributed by atoms with Crippen LogP contribution in [0.3, 0.4) is 0 Å². The molecule has 0 amide bonds. The first-order valence-electron chi connectivity index (χ1n) is 4.09. The molecule has 0 heterocycles. The van der Waals surface area contributed by atoms with Gasteiger partial charge >= 0.3 is 11.9 Å². The van der Waals surface area contributed by atoms with Crippen LogP contribution >= 0.6 is 0 Å². The van der Waals surface area contributed by atoms with Crippen molar-refractivity contribution in [2.24, 2.45) is 0 Å². The lowest BCUT2D eigenvalue weighted by atomic mass is 10.2. The Morgan fingerprint density at radius 1 is 1.29 bits per heavy atom.